The zero-order valence-electron chi connectivity index (χ0n) is 17.5. The minimum atomic E-state index is -1.25. The Bertz CT molecular complexity index is 808. The molecule has 4 aliphatic rings. The number of hydrogen-bond donors (Lipinski definition) is 0. The fourth-order valence-corrected chi connectivity index (χ4v) is 6.00. The van der Waals surface area contributed by atoms with Crippen molar-refractivity contribution in [2.45, 2.75) is 76.8 Å². The molecule has 6 heteroatoms. The molecule has 30 heavy (non-hydrogen) atoms. The van der Waals surface area contributed by atoms with E-state index in [9.17, 15) is 19.8 Å². The first-order chi connectivity index (χ1) is 14.3. The van der Waals surface area contributed by atoms with Gasteiger partial charge < -0.3 is 29.3 Å². The standard InChI is InChI=1S/C24H30O6/c1-11-5-19-21(29-19)9-13(11)7-17-15(23(25)26)3-4-16(24(27)28)18(17)8-14-10-22-20(30-22)6-12(14)2/h3-4,11-14,19-22H,5-10H2,1-2H3,(H,25,26)(H,27,28)/p-2. The molecule has 0 amide bonds. The normalized spacial score (nSPS) is 39.0. The second kappa shape index (κ2) is 7.34. The number of aromatic carboxylic acids is 2. The van der Waals surface area contributed by atoms with Crippen LogP contribution >= 0.6 is 0 Å². The molecule has 0 bridgehead atoms. The zero-order chi connectivity index (χ0) is 21.2. The molecule has 0 spiro atoms. The number of carboxylic acids is 2. The van der Waals surface area contributed by atoms with E-state index in [1.165, 1.54) is 12.1 Å². The van der Waals surface area contributed by atoms with Crippen LogP contribution in [0.2, 0.25) is 0 Å². The monoisotopic (exact) mass is 412 g/mol. The summed E-state index contributed by atoms with van der Waals surface area (Å²) in [6.07, 6.45) is 6.06. The van der Waals surface area contributed by atoms with Gasteiger partial charge in [-0.25, -0.2) is 0 Å². The van der Waals surface area contributed by atoms with Gasteiger partial charge in [0.1, 0.15) is 0 Å². The molecule has 162 valence electrons. The van der Waals surface area contributed by atoms with E-state index < -0.39 is 11.9 Å². The molecule has 2 heterocycles. The average molecular weight is 412 g/mol. The average Bonchev–Trinajstić information content (AvgIpc) is 3.58. The smallest absolute Gasteiger partial charge is 0.0844 e. The highest BCUT2D eigenvalue weighted by Gasteiger charge is 2.48. The van der Waals surface area contributed by atoms with Crippen LogP contribution in [0, 0.1) is 23.7 Å². The fraction of sp³-hybridized carbons (Fsp3) is 0.667. The molecule has 0 N–H and O–H groups in total. The number of carboxylic acid groups (broad SMARTS) is 2. The third-order valence-corrected chi connectivity index (χ3v) is 8.07. The molecular formula is C24H28O6-2. The molecule has 2 aliphatic carbocycles. The summed E-state index contributed by atoms with van der Waals surface area (Å²) in [6.45, 7) is 4.36. The molecule has 0 aromatic heterocycles. The van der Waals surface area contributed by atoms with E-state index in [0.29, 0.717) is 48.0 Å². The van der Waals surface area contributed by atoms with Crippen LogP contribution < -0.4 is 10.2 Å². The van der Waals surface area contributed by atoms with E-state index >= 15 is 0 Å². The first-order valence-corrected chi connectivity index (χ1v) is 11.2. The van der Waals surface area contributed by atoms with Crippen molar-refractivity contribution in [3.63, 3.8) is 0 Å². The molecule has 0 radical (unpaired) electrons. The van der Waals surface area contributed by atoms with Crippen molar-refractivity contribution >= 4 is 11.9 Å². The highest BCUT2D eigenvalue weighted by atomic mass is 16.6. The molecule has 5 rings (SSSR count). The van der Waals surface area contributed by atoms with Crippen molar-refractivity contribution in [1.82, 2.24) is 0 Å². The zero-order valence-corrected chi connectivity index (χ0v) is 17.5. The summed E-state index contributed by atoms with van der Waals surface area (Å²) in [6, 6.07) is 2.76. The number of fused-ring (bicyclic) bond motifs is 2. The van der Waals surface area contributed by atoms with Gasteiger partial charge in [-0.2, -0.15) is 0 Å². The van der Waals surface area contributed by atoms with Gasteiger partial charge in [-0.05, 0) is 73.3 Å². The van der Waals surface area contributed by atoms with Crippen LogP contribution in [0.15, 0.2) is 12.1 Å². The third-order valence-electron chi connectivity index (χ3n) is 8.07. The Labute approximate surface area is 176 Å². The Morgan fingerprint density at radius 3 is 1.50 bits per heavy atom. The first kappa shape index (κ1) is 20.0. The van der Waals surface area contributed by atoms with Crippen LogP contribution in [0.25, 0.3) is 0 Å². The summed E-state index contributed by atoms with van der Waals surface area (Å²) < 4.78 is 11.4. The van der Waals surface area contributed by atoms with E-state index in [1.54, 1.807) is 0 Å². The Morgan fingerprint density at radius 1 is 0.767 bits per heavy atom. The lowest BCUT2D eigenvalue weighted by Crippen LogP contribution is -2.32. The topological polar surface area (TPSA) is 105 Å². The summed E-state index contributed by atoms with van der Waals surface area (Å²) in [7, 11) is 0. The number of rotatable bonds is 6. The van der Waals surface area contributed by atoms with Crippen LogP contribution in [0.5, 0.6) is 0 Å². The second-order valence-electron chi connectivity index (χ2n) is 9.94. The van der Waals surface area contributed by atoms with Crippen LogP contribution in [0.3, 0.4) is 0 Å². The van der Waals surface area contributed by atoms with Gasteiger partial charge in [0, 0.05) is 11.1 Å². The minimum Gasteiger partial charge on any atom is -0.545 e. The summed E-state index contributed by atoms with van der Waals surface area (Å²) in [5.41, 5.74) is 1.48. The second-order valence-corrected chi connectivity index (χ2v) is 9.94. The molecule has 2 saturated heterocycles. The maximum atomic E-state index is 11.9. The highest BCUT2D eigenvalue weighted by molar-refractivity contribution is 5.93. The number of ether oxygens (including phenoxy) is 2. The molecule has 8 atom stereocenters. The lowest BCUT2D eigenvalue weighted by Gasteiger charge is -2.32. The quantitative estimate of drug-likeness (QED) is 0.649. The van der Waals surface area contributed by atoms with Gasteiger partial charge in [-0.1, -0.05) is 26.0 Å². The van der Waals surface area contributed by atoms with Gasteiger partial charge in [0.05, 0.1) is 36.4 Å². The van der Waals surface area contributed by atoms with Crippen molar-refractivity contribution in [1.29, 1.82) is 0 Å². The van der Waals surface area contributed by atoms with E-state index in [-0.39, 0.29) is 35.2 Å². The van der Waals surface area contributed by atoms with Crippen molar-refractivity contribution in [2.24, 2.45) is 23.7 Å². The Balaban J connectivity index is 1.51. The number of carbonyl (C=O) groups excluding carboxylic acids is 2. The Hall–Kier alpha value is -1.92. The third kappa shape index (κ3) is 3.65. The van der Waals surface area contributed by atoms with Crippen LogP contribution in [-0.2, 0) is 22.3 Å². The van der Waals surface area contributed by atoms with E-state index in [0.717, 1.165) is 25.7 Å². The maximum absolute atomic E-state index is 11.9. The number of hydrogen-bond acceptors (Lipinski definition) is 6. The number of benzene rings is 1. The van der Waals surface area contributed by atoms with E-state index in [1.807, 2.05) is 0 Å². The Kier molecular flexibility index (Phi) is 4.90. The van der Waals surface area contributed by atoms with Gasteiger partial charge in [-0.3, -0.25) is 0 Å². The van der Waals surface area contributed by atoms with Crippen LogP contribution in [0.4, 0.5) is 0 Å². The summed E-state index contributed by atoms with van der Waals surface area (Å²) >= 11 is 0. The molecule has 6 nitrogen and oxygen atoms in total. The van der Waals surface area contributed by atoms with E-state index in [4.69, 9.17) is 9.47 Å². The lowest BCUT2D eigenvalue weighted by atomic mass is 9.72. The molecule has 4 fully saturated rings. The number of carbonyl (C=O) groups is 2. The van der Waals surface area contributed by atoms with Gasteiger partial charge in [0.15, 0.2) is 0 Å². The summed E-state index contributed by atoms with van der Waals surface area (Å²) in [5, 5.41) is 23.9. The van der Waals surface area contributed by atoms with Gasteiger partial charge in [0.2, 0.25) is 0 Å². The van der Waals surface area contributed by atoms with Crippen LogP contribution in [0.1, 0.15) is 71.4 Å². The molecule has 8 unspecified atom stereocenters. The van der Waals surface area contributed by atoms with Crippen molar-refractivity contribution in [3.05, 3.63) is 34.4 Å². The minimum absolute atomic E-state index is 0.116. The lowest BCUT2D eigenvalue weighted by molar-refractivity contribution is -0.256. The summed E-state index contributed by atoms with van der Waals surface area (Å²) in [5.74, 6) is -1.16. The molecular weight excluding hydrogens is 384 g/mol. The molecule has 1 aromatic rings. The highest BCUT2D eigenvalue weighted by Crippen LogP contribution is 2.46. The molecule has 2 aliphatic heterocycles. The van der Waals surface area contributed by atoms with E-state index in [2.05, 4.69) is 13.8 Å². The van der Waals surface area contributed by atoms with Crippen molar-refractivity contribution < 1.29 is 29.3 Å². The van der Waals surface area contributed by atoms with Gasteiger partial charge in [-0.15, -0.1) is 0 Å². The fourth-order valence-electron chi connectivity index (χ4n) is 6.00. The predicted octanol–water partition coefficient (Wildman–Crippen LogP) is 1.13. The van der Waals surface area contributed by atoms with Crippen LogP contribution in [-0.4, -0.2) is 36.4 Å². The summed E-state index contributed by atoms with van der Waals surface area (Å²) in [4.78, 5) is 23.9. The van der Waals surface area contributed by atoms with Gasteiger partial charge >= 0.3 is 0 Å². The maximum Gasteiger partial charge on any atom is 0.0844 e. The predicted molar refractivity (Wildman–Crippen MR) is 104 cm³/mol. The van der Waals surface area contributed by atoms with Crippen molar-refractivity contribution in [2.75, 3.05) is 0 Å². The number of epoxide rings is 2. The SMILES string of the molecule is CC1CC2OC2CC1Cc1c(C(=O)[O-])ccc(C(=O)[O-])c1CC1CC2OC2CC1C. The largest absolute Gasteiger partial charge is 0.545 e. The molecule has 2 saturated carbocycles. The Morgan fingerprint density at radius 2 is 1.13 bits per heavy atom. The van der Waals surface area contributed by atoms with Gasteiger partial charge in [0.25, 0.3) is 0 Å². The first-order valence-electron chi connectivity index (χ1n) is 11.2. The van der Waals surface area contributed by atoms with Crippen molar-refractivity contribution in [3.8, 4) is 0 Å². The molecule has 1 aromatic carbocycles.